The number of imide groups is 3. The number of hydrogen-bond acceptors (Lipinski definition) is 3. The van der Waals surface area contributed by atoms with Gasteiger partial charge in [-0.25, -0.2) is 4.90 Å². The van der Waals surface area contributed by atoms with Crippen molar-refractivity contribution < 1.29 is 23.5 Å². The van der Waals surface area contributed by atoms with Crippen LogP contribution in [0.3, 0.4) is 0 Å². The molecule has 3 aliphatic rings. The molecule has 42 heavy (non-hydrogen) atoms. The van der Waals surface area contributed by atoms with Crippen LogP contribution in [0.15, 0.2) is 103 Å². The molecule has 6 heteroatoms. The smallest absolute Gasteiger partial charge is 0.267 e. The van der Waals surface area contributed by atoms with Gasteiger partial charge in [-0.15, -0.1) is 0 Å². The van der Waals surface area contributed by atoms with Crippen molar-refractivity contribution in [1.29, 1.82) is 0 Å². The molecule has 0 aliphatic carbocycles. The van der Waals surface area contributed by atoms with Crippen molar-refractivity contribution in [2.75, 3.05) is 7.05 Å². The predicted octanol–water partition coefficient (Wildman–Crippen LogP) is 6.06. The summed E-state index contributed by atoms with van der Waals surface area (Å²) in [6, 6.07) is 23.8. The Morgan fingerprint density at radius 3 is 1.86 bits per heavy atom. The van der Waals surface area contributed by atoms with E-state index in [2.05, 4.69) is 101 Å². The zero-order valence-electron chi connectivity index (χ0n) is 24.5. The molecule has 0 atom stereocenters. The Bertz CT molecular complexity index is 1830. The minimum Gasteiger partial charge on any atom is -0.269 e. The van der Waals surface area contributed by atoms with Crippen molar-refractivity contribution >= 4 is 47.1 Å². The van der Waals surface area contributed by atoms with E-state index in [1.165, 1.54) is 16.8 Å². The van der Waals surface area contributed by atoms with Crippen LogP contribution in [0.5, 0.6) is 0 Å². The van der Waals surface area contributed by atoms with E-state index in [9.17, 15) is 14.4 Å². The van der Waals surface area contributed by atoms with Crippen LogP contribution in [0.4, 0.5) is 11.4 Å². The van der Waals surface area contributed by atoms with Gasteiger partial charge in [-0.05, 0) is 51.0 Å². The summed E-state index contributed by atoms with van der Waals surface area (Å²) < 4.78 is 4.24. The van der Waals surface area contributed by atoms with Crippen LogP contribution >= 0.6 is 0 Å². The van der Waals surface area contributed by atoms with Gasteiger partial charge in [0.25, 0.3) is 17.7 Å². The molecule has 6 rings (SSSR count). The van der Waals surface area contributed by atoms with E-state index in [1.807, 2.05) is 22.8 Å². The van der Waals surface area contributed by atoms with Gasteiger partial charge >= 0.3 is 0 Å². The van der Waals surface area contributed by atoms with Crippen LogP contribution in [-0.4, -0.2) is 51.2 Å². The van der Waals surface area contributed by atoms with E-state index in [-0.39, 0.29) is 16.4 Å². The highest BCUT2D eigenvalue weighted by Gasteiger charge is 2.46. The van der Waals surface area contributed by atoms with Crippen LogP contribution < -0.4 is 0 Å². The summed E-state index contributed by atoms with van der Waals surface area (Å²) in [5.41, 5.74) is 8.47. The molecule has 0 bridgehead atoms. The first kappa shape index (κ1) is 27.2. The van der Waals surface area contributed by atoms with Crippen molar-refractivity contribution in [3.8, 4) is 0 Å². The van der Waals surface area contributed by atoms with Crippen LogP contribution in [0.25, 0.3) is 5.57 Å². The van der Waals surface area contributed by atoms with Gasteiger partial charge in [0.15, 0.2) is 11.4 Å². The fraction of sp³-hybridized carbons (Fsp3) is 0.194. The van der Waals surface area contributed by atoms with Gasteiger partial charge in [-0.3, -0.25) is 14.4 Å². The number of allylic oxidation sites excluding steroid dienone is 4. The first-order chi connectivity index (χ1) is 19.9. The standard InChI is InChI=1S/C36H33N3O3/c1-35(2)26-11-7-9-13-28(26)37(5)30(35)21-25(22-31-36(3,4)27-12-8-10-14-29(27)38(31)6)23-15-17-24(18-16-23)34(42)39-32(40)19-20-33(39)41/h7-22H,5H2,1-4,6H3/q+2/b25-22-,30-21-. The second-order valence-electron chi connectivity index (χ2n) is 12.0. The van der Waals surface area contributed by atoms with Crippen molar-refractivity contribution in [3.63, 3.8) is 0 Å². The highest BCUT2D eigenvalue weighted by atomic mass is 16.2. The van der Waals surface area contributed by atoms with Gasteiger partial charge in [0.05, 0.1) is 10.8 Å². The molecule has 3 heterocycles. The zero-order chi connectivity index (χ0) is 30.0. The van der Waals surface area contributed by atoms with E-state index < -0.39 is 17.7 Å². The zero-order valence-corrected chi connectivity index (χ0v) is 24.5. The molecule has 0 aromatic heterocycles. The van der Waals surface area contributed by atoms with Crippen molar-refractivity contribution in [2.45, 2.75) is 38.5 Å². The number of fused-ring (bicyclic) bond motifs is 2. The van der Waals surface area contributed by atoms with Gasteiger partial charge in [-0.2, -0.15) is 9.15 Å². The van der Waals surface area contributed by atoms with E-state index in [0.717, 1.165) is 40.4 Å². The van der Waals surface area contributed by atoms with E-state index in [1.54, 1.807) is 12.1 Å². The Morgan fingerprint density at radius 1 is 0.762 bits per heavy atom. The van der Waals surface area contributed by atoms with Crippen molar-refractivity contribution in [2.24, 2.45) is 0 Å². The van der Waals surface area contributed by atoms with Crippen LogP contribution in [-0.2, 0) is 20.4 Å². The third-order valence-corrected chi connectivity index (χ3v) is 8.80. The number of nitrogens with zero attached hydrogens (tertiary/aromatic N) is 3. The summed E-state index contributed by atoms with van der Waals surface area (Å²) in [5.74, 6) is -1.89. The number of para-hydroxylation sites is 2. The minimum absolute atomic E-state index is 0.243. The Labute approximate surface area is 245 Å². The molecule has 6 nitrogen and oxygen atoms in total. The number of rotatable bonds is 4. The van der Waals surface area contributed by atoms with Crippen LogP contribution in [0.2, 0.25) is 0 Å². The summed E-state index contributed by atoms with van der Waals surface area (Å²) in [5, 5.41) is 0. The molecule has 208 valence electrons. The SMILES string of the molecule is C=[N+]1/C(=C\C(=C\C2=[N+](C)c3ccccc3C2(C)C)c2ccc(C(=O)N3C(=O)C=CC3=O)cc2)C(C)(C)c2ccccc21. The lowest BCUT2D eigenvalue weighted by Crippen LogP contribution is -2.36. The minimum atomic E-state index is -0.636. The lowest BCUT2D eigenvalue weighted by Gasteiger charge is -2.18. The van der Waals surface area contributed by atoms with Crippen LogP contribution in [0.1, 0.15) is 54.7 Å². The van der Waals surface area contributed by atoms with Gasteiger partial charge in [0.1, 0.15) is 13.8 Å². The molecule has 0 spiro atoms. The second-order valence-corrected chi connectivity index (χ2v) is 12.0. The van der Waals surface area contributed by atoms with Gasteiger partial charge in [-0.1, -0.05) is 48.5 Å². The van der Waals surface area contributed by atoms with Crippen LogP contribution in [0, 0.1) is 0 Å². The molecule has 3 amide bonds. The summed E-state index contributed by atoms with van der Waals surface area (Å²) >= 11 is 0. The fourth-order valence-electron chi connectivity index (χ4n) is 6.40. The number of hydrogen-bond donors (Lipinski definition) is 0. The van der Waals surface area contributed by atoms with Crippen molar-refractivity contribution in [3.05, 3.63) is 125 Å². The maximum absolute atomic E-state index is 13.0. The average molecular weight is 556 g/mol. The highest BCUT2D eigenvalue weighted by Crippen LogP contribution is 2.47. The molecule has 3 aliphatic heterocycles. The normalized spacial score (nSPS) is 19.6. The molecule has 0 saturated carbocycles. The van der Waals surface area contributed by atoms with E-state index in [4.69, 9.17) is 0 Å². The Morgan fingerprint density at radius 2 is 1.29 bits per heavy atom. The molecular weight excluding hydrogens is 522 g/mol. The maximum Gasteiger partial charge on any atom is 0.267 e. The molecule has 3 aromatic rings. The Hall–Kier alpha value is -4.97. The molecule has 0 saturated heterocycles. The van der Waals surface area contributed by atoms with E-state index >= 15 is 0 Å². The van der Waals surface area contributed by atoms with Gasteiger partial charge in [0.2, 0.25) is 11.4 Å². The quantitative estimate of drug-likeness (QED) is 0.290. The third kappa shape index (κ3) is 4.05. The summed E-state index contributed by atoms with van der Waals surface area (Å²) in [4.78, 5) is 37.9. The fourth-order valence-corrected chi connectivity index (χ4v) is 6.40. The lowest BCUT2D eigenvalue weighted by atomic mass is 9.80. The molecule has 0 radical (unpaired) electrons. The summed E-state index contributed by atoms with van der Waals surface area (Å²) in [6.45, 7) is 13.3. The number of benzene rings is 3. The number of amides is 3. The van der Waals surface area contributed by atoms with E-state index in [0.29, 0.717) is 4.90 Å². The number of carbonyl (C=O) groups excluding carboxylic acids is 3. The molecule has 3 aromatic carbocycles. The lowest BCUT2D eigenvalue weighted by molar-refractivity contribution is -0.401. The Kier molecular flexibility index (Phi) is 6.19. The molecule has 0 fully saturated rings. The second kappa shape index (κ2) is 9.55. The largest absolute Gasteiger partial charge is 0.269 e. The first-order valence-electron chi connectivity index (χ1n) is 14.0. The summed E-state index contributed by atoms with van der Waals surface area (Å²) in [6.07, 6.45) is 6.63. The molecule has 0 N–H and O–H groups in total. The third-order valence-electron chi connectivity index (χ3n) is 8.80. The predicted molar refractivity (Wildman–Crippen MR) is 165 cm³/mol. The molecular formula is C36H33N3O3+2. The average Bonchev–Trinajstić information content (AvgIpc) is 3.49. The van der Waals surface area contributed by atoms with Gasteiger partial charge < -0.3 is 0 Å². The van der Waals surface area contributed by atoms with Gasteiger partial charge in [0, 0.05) is 53.1 Å². The number of carbonyl (C=O) groups is 3. The highest BCUT2D eigenvalue weighted by molar-refractivity contribution is 6.25. The monoisotopic (exact) mass is 555 g/mol. The van der Waals surface area contributed by atoms with Crippen molar-refractivity contribution in [1.82, 2.24) is 4.90 Å². The maximum atomic E-state index is 13.0. The Balaban J connectivity index is 1.48. The molecule has 0 unspecified atom stereocenters. The summed E-state index contributed by atoms with van der Waals surface area (Å²) in [7, 11) is 2.09. The first-order valence-corrected chi connectivity index (χ1v) is 14.0. The topological polar surface area (TPSA) is 60.5 Å².